The summed E-state index contributed by atoms with van der Waals surface area (Å²) in [4.78, 5) is 0. The summed E-state index contributed by atoms with van der Waals surface area (Å²) in [5.41, 5.74) is -0.918. The maximum atomic E-state index is 6.73. The summed E-state index contributed by atoms with van der Waals surface area (Å²) >= 11 is 0. The van der Waals surface area contributed by atoms with Crippen molar-refractivity contribution in [1.82, 2.24) is 0 Å². The number of ether oxygens (including phenoxy) is 5. The molecule has 2 atom stereocenters. The van der Waals surface area contributed by atoms with E-state index >= 15 is 0 Å². The average molecular weight is 433 g/mol. The maximum Gasteiger partial charge on any atom is 0.216 e. The molecule has 0 N–H and O–H groups in total. The second-order valence-electron chi connectivity index (χ2n) is 12.5. The number of hydrogen-bond acceptors (Lipinski definition) is 5. The van der Waals surface area contributed by atoms with E-state index in [-0.39, 0.29) is 35.9 Å². The summed E-state index contributed by atoms with van der Waals surface area (Å²) in [7, 11) is 1.67. The summed E-state index contributed by atoms with van der Waals surface area (Å²) in [5.74, 6) is -0.524. The van der Waals surface area contributed by atoms with Crippen LogP contribution in [0.5, 0.6) is 0 Å². The Hall–Kier alpha value is -0.200. The molecule has 2 unspecified atom stereocenters. The van der Waals surface area contributed by atoms with Crippen LogP contribution < -0.4 is 0 Å². The standard InChI is InChI=1S/C25H52O5/c1-19(2)24(12,13)15-20(16-27-21(3,4)5)29-25(17-26-14,30-23(9,10)11)18-28-22(6,7)8/h19-20H,15-18H2,1-14H3. The van der Waals surface area contributed by atoms with Gasteiger partial charge in [0.15, 0.2) is 0 Å². The highest BCUT2D eigenvalue weighted by atomic mass is 16.7. The minimum atomic E-state index is -1.03. The van der Waals surface area contributed by atoms with Crippen LogP contribution in [-0.4, -0.2) is 55.6 Å². The first-order valence-electron chi connectivity index (χ1n) is 11.4. The zero-order valence-electron chi connectivity index (χ0n) is 22.5. The predicted octanol–water partition coefficient (Wildman–Crippen LogP) is 6.23. The van der Waals surface area contributed by atoms with Crippen molar-refractivity contribution >= 4 is 0 Å². The van der Waals surface area contributed by atoms with Gasteiger partial charge in [-0.3, -0.25) is 0 Å². The summed E-state index contributed by atoms with van der Waals surface area (Å²) in [6.07, 6.45) is 0.678. The first-order valence-corrected chi connectivity index (χ1v) is 11.4. The van der Waals surface area contributed by atoms with Gasteiger partial charge < -0.3 is 23.7 Å². The molecule has 0 aliphatic rings. The van der Waals surface area contributed by atoms with Gasteiger partial charge >= 0.3 is 0 Å². The highest BCUT2D eigenvalue weighted by molar-refractivity contribution is 4.83. The van der Waals surface area contributed by atoms with E-state index in [0.29, 0.717) is 12.5 Å². The molecule has 0 aliphatic carbocycles. The maximum absolute atomic E-state index is 6.73. The molecule has 0 saturated carbocycles. The van der Waals surface area contributed by atoms with Crippen LogP contribution in [0.25, 0.3) is 0 Å². The minimum Gasteiger partial charge on any atom is -0.379 e. The van der Waals surface area contributed by atoms with E-state index in [1.165, 1.54) is 0 Å². The van der Waals surface area contributed by atoms with Gasteiger partial charge in [0.1, 0.15) is 13.2 Å². The van der Waals surface area contributed by atoms with Crippen molar-refractivity contribution in [2.75, 3.05) is 26.9 Å². The molecule has 0 rings (SSSR count). The molecule has 0 bridgehead atoms. The Balaban J connectivity index is 5.92. The lowest BCUT2D eigenvalue weighted by molar-refractivity contribution is -0.340. The van der Waals surface area contributed by atoms with Gasteiger partial charge in [0, 0.05) is 7.11 Å². The van der Waals surface area contributed by atoms with Gasteiger partial charge in [-0.15, -0.1) is 0 Å². The minimum absolute atomic E-state index is 0.0807. The molecule has 5 heteroatoms. The fraction of sp³-hybridized carbons (Fsp3) is 1.00. The van der Waals surface area contributed by atoms with Crippen molar-refractivity contribution < 1.29 is 23.7 Å². The molecule has 0 radical (unpaired) electrons. The number of hydrogen-bond donors (Lipinski definition) is 0. The zero-order valence-corrected chi connectivity index (χ0v) is 22.5. The first-order chi connectivity index (χ1) is 13.2. The summed E-state index contributed by atoms with van der Waals surface area (Å²) in [6.45, 7) is 28.4. The predicted molar refractivity (Wildman–Crippen MR) is 125 cm³/mol. The second-order valence-corrected chi connectivity index (χ2v) is 12.5. The molecule has 5 nitrogen and oxygen atoms in total. The Morgan fingerprint density at radius 2 is 1.17 bits per heavy atom. The highest BCUT2D eigenvalue weighted by Crippen LogP contribution is 2.35. The van der Waals surface area contributed by atoms with E-state index in [2.05, 4.69) is 48.5 Å². The molecule has 0 amide bonds. The monoisotopic (exact) mass is 432 g/mol. The third-order valence-electron chi connectivity index (χ3n) is 4.98. The molecule has 0 aromatic rings. The topological polar surface area (TPSA) is 46.2 Å². The first kappa shape index (κ1) is 29.8. The summed E-state index contributed by atoms with van der Waals surface area (Å²) in [5, 5.41) is 0. The van der Waals surface area contributed by atoms with Crippen LogP contribution in [0.1, 0.15) is 96.4 Å². The van der Waals surface area contributed by atoms with Crippen LogP contribution in [-0.2, 0) is 23.7 Å². The highest BCUT2D eigenvalue weighted by Gasteiger charge is 2.42. The fourth-order valence-electron chi connectivity index (χ4n) is 2.90. The Bertz CT molecular complexity index is 479. The van der Waals surface area contributed by atoms with Crippen molar-refractivity contribution in [2.45, 2.75) is 125 Å². The molecule has 0 fully saturated rings. The quantitative estimate of drug-likeness (QED) is 0.342. The molecular weight excluding hydrogens is 380 g/mol. The third-order valence-corrected chi connectivity index (χ3v) is 4.98. The summed E-state index contributed by atoms with van der Waals surface area (Å²) in [6, 6.07) is 0. The SMILES string of the molecule is COCC(COC(C)(C)C)(OC(COC(C)(C)C)CC(C)(C)C(C)C)OC(C)(C)C. The lowest BCUT2D eigenvalue weighted by atomic mass is 9.76. The van der Waals surface area contributed by atoms with Crippen molar-refractivity contribution in [3.8, 4) is 0 Å². The van der Waals surface area contributed by atoms with Crippen LogP contribution in [0.4, 0.5) is 0 Å². The number of methoxy groups -OCH3 is 1. The van der Waals surface area contributed by atoms with E-state index in [1.54, 1.807) is 7.11 Å². The molecule has 182 valence electrons. The molecule has 30 heavy (non-hydrogen) atoms. The van der Waals surface area contributed by atoms with Gasteiger partial charge in [0.05, 0.1) is 29.5 Å². The van der Waals surface area contributed by atoms with Crippen LogP contribution in [0.3, 0.4) is 0 Å². The zero-order chi connectivity index (χ0) is 24.0. The van der Waals surface area contributed by atoms with Crippen molar-refractivity contribution in [2.24, 2.45) is 11.3 Å². The Kier molecular flexibility index (Phi) is 11.0. The van der Waals surface area contributed by atoms with E-state index in [9.17, 15) is 0 Å². The van der Waals surface area contributed by atoms with Crippen molar-refractivity contribution in [3.05, 3.63) is 0 Å². The van der Waals surface area contributed by atoms with Crippen LogP contribution in [0.15, 0.2) is 0 Å². The smallest absolute Gasteiger partial charge is 0.216 e. The molecule has 0 aromatic carbocycles. The normalized spacial score (nSPS) is 17.3. The molecule has 0 aliphatic heterocycles. The Morgan fingerprint density at radius 3 is 1.53 bits per heavy atom. The lowest BCUT2D eigenvalue weighted by Crippen LogP contribution is -2.54. The van der Waals surface area contributed by atoms with E-state index in [0.717, 1.165) is 6.42 Å². The van der Waals surface area contributed by atoms with Crippen LogP contribution >= 0.6 is 0 Å². The van der Waals surface area contributed by atoms with Gasteiger partial charge in [-0.1, -0.05) is 27.7 Å². The molecule has 0 spiro atoms. The molecule has 0 saturated heterocycles. The van der Waals surface area contributed by atoms with Gasteiger partial charge in [-0.25, -0.2) is 0 Å². The number of rotatable bonds is 12. The average Bonchev–Trinajstić information content (AvgIpc) is 2.47. The van der Waals surface area contributed by atoms with Crippen molar-refractivity contribution in [1.29, 1.82) is 0 Å². The van der Waals surface area contributed by atoms with E-state index in [4.69, 9.17) is 23.7 Å². The Labute approximate surface area is 187 Å². The van der Waals surface area contributed by atoms with Crippen LogP contribution in [0, 0.1) is 11.3 Å². The Morgan fingerprint density at radius 1 is 0.667 bits per heavy atom. The lowest BCUT2D eigenvalue weighted by Gasteiger charge is -2.44. The fourth-order valence-corrected chi connectivity index (χ4v) is 2.90. The van der Waals surface area contributed by atoms with E-state index < -0.39 is 11.4 Å². The van der Waals surface area contributed by atoms with Gasteiger partial charge in [0.25, 0.3) is 0 Å². The van der Waals surface area contributed by atoms with Gasteiger partial charge in [-0.05, 0) is 80.1 Å². The largest absolute Gasteiger partial charge is 0.379 e. The van der Waals surface area contributed by atoms with Gasteiger partial charge in [-0.2, -0.15) is 0 Å². The van der Waals surface area contributed by atoms with E-state index in [1.807, 2.05) is 41.5 Å². The van der Waals surface area contributed by atoms with Crippen molar-refractivity contribution in [3.63, 3.8) is 0 Å². The second kappa shape index (κ2) is 11.1. The molecule has 0 aromatic heterocycles. The third kappa shape index (κ3) is 13.3. The molecule has 0 heterocycles. The molecular formula is C25H52O5. The summed E-state index contributed by atoms with van der Waals surface area (Å²) < 4.78 is 31.1. The van der Waals surface area contributed by atoms with Gasteiger partial charge in [0.2, 0.25) is 5.79 Å². The van der Waals surface area contributed by atoms with Crippen LogP contribution in [0.2, 0.25) is 0 Å².